The first-order valence-electron chi connectivity index (χ1n) is 5.15. The van der Waals surface area contributed by atoms with Gasteiger partial charge in [-0.2, -0.15) is 0 Å². The Morgan fingerprint density at radius 1 is 1.41 bits per heavy atom. The van der Waals surface area contributed by atoms with E-state index in [1.165, 1.54) is 0 Å². The molecule has 0 atom stereocenters. The predicted molar refractivity (Wildman–Crippen MR) is 65.6 cm³/mol. The molecule has 0 saturated carbocycles. The number of benzene rings is 1. The van der Waals surface area contributed by atoms with Crippen LogP contribution in [0.3, 0.4) is 0 Å². The van der Waals surface area contributed by atoms with Gasteiger partial charge in [0.1, 0.15) is 0 Å². The van der Waals surface area contributed by atoms with Gasteiger partial charge in [0.05, 0.1) is 5.84 Å². The van der Waals surface area contributed by atoms with Gasteiger partial charge in [-0.25, -0.2) is 8.78 Å². The third kappa shape index (κ3) is 2.61. The average molecular weight is 239 g/mol. The van der Waals surface area contributed by atoms with Gasteiger partial charge in [0.15, 0.2) is 11.6 Å². The van der Waals surface area contributed by atoms with Gasteiger partial charge in [0.25, 0.3) is 0 Å². The summed E-state index contributed by atoms with van der Waals surface area (Å²) in [6, 6.07) is 1.92. The number of nitrogens with two attached hydrogens (primary N) is 1. The van der Waals surface area contributed by atoms with Crippen LogP contribution in [0.5, 0.6) is 0 Å². The molecule has 0 amide bonds. The zero-order valence-corrected chi connectivity index (χ0v) is 9.85. The van der Waals surface area contributed by atoms with E-state index in [1.807, 2.05) is 6.92 Å². The topological polar surface area (TPSA) is 53.1 Å². The number of rotatable bonds is 3. The third-order valence-corrected chi connectivity index (χ3v) is 2.45. The molecule has 0 spiro atoms. The summed E-state index contributed by atoms with van der Waals surface area (Å²) in [4.78, 5) is 1.56. The largest absolute Gasteiger partial charge is 0.398 e. The molecule has 0 aliphatic rings. The fourth-order valence-corrected chi connectivity index (χ4v) is 1.59. The second-order valence-corrected chi connectivity index (χ2v) is 3.63. The number of halogens is 2. The van der Waals surface area contributed by atoms with Crippen molar-refractivity contribution >= 4 is 17.2 Å². The molecule has 0 radical (unpaired) electrons. The lowest BCUT2D eigenvalue weighted by molar-refractivity contribution is 0.508. The summed E-state index contributed by atoms with van der Waals surface area (Å²) in [7, 11) is 0. The van der Waals surface area contributed by atoms with Crippen LogP contribution >= 0.6 is 0 Å². The predicted octanol–water partition coefficient (Wildman–Crippen LogP) is 2.84. The minimum Gasteiger partial charge on any atom is -0.398 e. The van der Waals surface area contributed by atoms with Crippen molar-refractivity contribution in [3.63, 3.8) is 0 Å². The highest BCUT2D eigenvalue weighted by Gasteiger charge is 2.15. The Hall–Kier alpha value is -1.91. The molecule has 0 heterocycles. The molecule has 0 unspecified atom stereocenters. The molecule has 17 heavy (non-hydrogen) atoms. The molecule has 0 bridgehead atoms. The standard InChI is InChI=1S/C12H15F2N3/c1-4-17(8(3)15)7(2)9-5-10(13)11(14)6-12(9)16/h5-6,15H,2,4,16H2,1,3H3. The Balaban J connectivity index is 3.20. The Morgan fingerprint density at radius 2 is 1.94 bits per heavy atom. The van der Waals surface area contributed by atoms with E-state index < -0.39 is 11.6 Å². The Bertz CT molecular complexity index is 469. The smallest absolute Gasteiger partial charge is 0.160 e. The first-order chi connectivity index (χ1) is 7.88. The molecule has 3 N–H and O–H groups in total. The van der Waals surface area contributed by atoms with Gasteiger partial charge in [-0.3, -0.25) is 5.41 Å². The number of hydrogen-bond acceptors (Lipinski definition) is 2. The molecule has 0 aromatic heterocycles. The Kier molecular flexibility index (Phi) is 3.83. The average Bonchev–Trinajstić information content (AvgIpc) is 2.23. The van der Waals surface area contributed by atoms with Crippen molar-refractivity contribution in [1.29, 1.82) is 5.41 Å². The lowest BCUT2D eigenvalue weighted by Crippen LogP contribution is -2.26. The van der Waals surface area contributed by atoms with Gasteiger partial charge in [0, 0.05) is 29.6 Å². The molecular weight excluding hydrogens is 224 g/mol. The van der Waals surface area contributed by atoms with Crippen LogP contribution in [0.25, 0.3) is 5.70 Å². The van der Waals surface area contributed by atoms with E-state index >= 15 is 0 Å². The number of hydrogen-bond donors (Lipinski definition) is 2. The molecule has 0 aliphatic carbocycles. The van der Waals surface area contributed by atoms with Crippen LogP contribution in [0.4, 0.5) is 14.5 Å². The van der Waals surface area contributed by atoms with Crippen LogP contribution in [0.1, 0.15) is 19.4 Å². The molecule has 3 nitrogen and oxygen atoms in total. The lowest BCUT2D eigenvalue weighted by Gasteiger charge is -2.24. The van der Waals surface area contributed by atoms with Crippen LogP contribution in [0, 0.1) is 17.0 Å². The van der Waals surface area contributed by atoms with Crippen molar-refractivity contribution in [3.8, 4) is 0 Å². The van der Waals surface area contributed by atoms with Crippen molar-refractivity contribution < 1.29 is 8.78 Å². The second kappa shape index (κ2) is 4.95. The highest BCUT2D eigenvalue weighted by molar-refractivity contribution is 5.88. The first-order valence-corrected chi connectivity index (χ1v) is 5.15. The quantitative estimate of drug-likeness (QED) is 0.484. The van der Waals surface area contributed by atoms with Crippen molar-refractivity contribution in [3.05, 3.63) is 35.9 Å². The summed E-state index contributed by atoms with van der Waals surface area (Å²) < 4.78 is 26.1. The lowest BCUT2D eigenvalue weighted by atomic mass is 10.1. The minimum absolute atomic E-state index is 0.105. The summed E-state index contributed by atoms with van der Waals surface area (Å²) in [5.41, 5.74) is 6.41. The number of anilines is 1. The van der Waals surface area contributed by atoms with Gasteiger partial charge in [-0.05, 0) is 19.9 Å². The van der Waals surface area contributed by atoms with Gasteiger partial charge in [-0.15, -0.1) is 0 Å². The summed E-state index contributed by atoms with van der Waals surface area (Å²) in [6.45, 7) is 7.69. The molecule has 0 fully saturated rings. The van der Waals surface area contributed by atoms with Crippen molar-refractivity contribution in [1.82, 2.24) is 4.90 Å². The summed E-state index contributed by atoms with van der Waals surface area (Å²) in [5.74, 6) is -1.70. The molecule has 1 aromatic carbocycles. The van der Waals surface area contributed by atoms with Crippen LogP contribution in [0.15, 0.2) is 18.7 Å². The van der Waals surface area contributed by atoms with Crippen LogP contribution < -0.4 is 5.73 Å². The van der Waals surface area contributed by atoms with E-state index in [4.69, 9.17) is 11.1 Å². The fourth-order valence-electron chi connectivity index (χ4n) is 1.59. The normalized spacial score (nSPS) is 10.1. The number of amidine groups is 1. The zero-order valence-electron chi connectivity index (χ0n) is 9.85. The molecular formula is C12H15F2N3. The van der Waals surface area contributed by atoms with Crippen LogP contribution in [-0.4, -0.2) is 17.3 Å². The van der Waals surface area contributed by atoms with E-state index in [9.17, 15) is 8.78 Å². The molecule has 92 valence electrons. The van der Waals surface area contributed by atoms with Crippen molar-refractivity contribution in [2.24, 2.45) is 0 Å². The van der Waals surface area contributed by atoms with E-state index in [1.54, 1.807) is 11.8 Å². The zero-order chi connectivity index (χ0) is 13.2. The Morgan fingerprint density at radius 3 is 2.41 bits per heavy atom. The molecule has 1 aromatic rings. The summed E-state index contributed by atoms with van der Waals surface area (Å²) in [5, 5.41) is 7.55. The minimum atomic E-state index is -0.992. The van der Waals surface area contributed by atoms with E-state index in [0.29, 0.717) is 17.8 Å². The fraction of sp³-hybridized carbons (Fsp3) is 0.250. The maximum absolute atomic E-state index is 13.1. The third-order valence-electron chi connectivity index (χ3n) is 2.45. The molecule has 1 rings (SSSR count). The molecule has 0 saturated heterocycles. The second-order valence-electron chi connectivity index (χ2n) is 3.63. The van der Waals surface area contributed by atoms with Gasteiger partial charge < -0.3 is 10.6 Å². The number of nitrogens with zero attached hydrogens (tertiary/aromatic N) is 1. The highest BCUT2D eigenvalue weighted by atomic mass is 19.2. The van der Waals surface area contributed by atoms with Crippen LogP contribution in [-0.2, 0) is 0 Å². The first kappa shape index (κ1) is 13.2. The van der Waals surface area contributed by atoms with E-state index in [0.717, 1.165) is 12.1 Å². The van der Waals surface area contributed by atoms with Gasteiger partial charge >= 0.3 is 0 Å². The summed E-state index contributed by atoms with van der Waals surface area (Å²) >= 11 is 0. The maximum atomic E-state index is 13.1. The number of nitrogen functional groups attached to an aromatic ring is 1. The number of nitrogens with one attached hydrogen (secondary N) is 1. The summed E-state index contributed by atoms with van der Waals surface area (Å²) in [6.07, 6.45) is 0. The molecule has 5 heteroatoms. The Labute approximate surface area is 99.0 Å². The van der Waals surface area contributed by atoms with E-state index in [-0.39, 0.29) is 11.5 Å². The maximum Gasteiger partial charge on any atom is 0.160 e. The van der Waals surface area contributed by atoms with Crippen molar-refractivity contribution in [2.75, 3.05) is 12.3 Å². The van der Waals surface area contributed by atoms with Gasteiger partial charge in [-0.1, -0.05) is 6.58 Å². The van der Waals surface area contributed by atoms with Gasteiger partial charge in [0.2, 0.25) is 0 Å². The van der Waals surface area contributed by atoms with Crippen LogP contribution in [0.2, 0.25) is 0 Å². The van der Waals surface area contributed by atoms with E-state index in [2.05, 4.69) is 6.58 Å². The SMILES string of the molecule is C=C(c1cc(F)c(F)cc1N)N(CC)C(C)=N. The van der Waals surface area contributed by atoms with Crippen molar-refractivity contribution in [2.45, 2.75) is 13.8 Å². The molecule has 0 aliphatic heterocycles. The highest BCUT2D eigenvalue weighted by Crippen LogP contribution is 2.25. The monoisotopic (exact) mass is 239 g/mol.